The second kappa shape index (κ2) is 6.13. The summed E-state index contributed by atoms with van der Waals surface area (Å²) in [5, 5.41) is 10.3. The Hall–Kier alpha value is -1.75. The third kappa shape index (κ3) is 3.42. The van der Waals surface area contributed by atoms with Crippen LogP contribution in [-0.2, 0) is 6.42 Å². The zero-order valence-corrected chi connectivity index (χ0v) is 11.3. The molecule has 2 N–H and O–H groups in total. The van der Waals surface area contributed by atoms with Gasteiger partial charge in [-0.15, -0.1) is 0 Å². The standard InChI is InChI=1S/C15H19FN4/c16-13-7-5-12(6-8-13)15(11-3-4-11)17-9-1-2-14-18-10-19-20-14/h5-8,10-11,15,17H,1-4,9H2,(H,18,19,20). The summed E-state index contributed by atoms with van der Waals surface area (Å²) < 4.78 is 13.0. The molecule has 0 bridgehead atoms. The number of nitrogens with one attached hydrogen (secondary N) is 2. The van der Waals surface area contributed by atoms with E-state index in [4.69, 9.17) is 0 Å². The molecule has 0 aliphatic heterocycles. The molecule has 1 unspecified atom stereocenters. The number of hydrogen-bond acceptors (Lipinski definition) is 3. The average Bonchev–Trinajstić information content (AvgIpc) is 3.16. The molecule has 1 heterocycles. The molecule has 3 rings (SSSR count). The molecule has 20 heavy (non-hydrogen) atoms. The minimum Gasteiger partial charge on any atom is -0.310 e. The van der Waals surface area contributed by atoms with E-state index in [1.165, 1.54) is 24.7 Å². The van der Waals surface area contributed by atoms with Gasteiger partial charge in [0.05, 0.1) is 0 Å². The first kappa shape index (κ1) is 13.2. The molecule has 1 fully saturated rings. The molecule has 0 saturated heterocycles. The van der Waals surface area contributed by atoms with E-state index in [2.05, 4.69) is 20.5 Å². The van der Waals surface area contributed by atoms with Gasteiger partial charge in [-0.1, -0.05) is 12.1 Å². The van der Waals surface area contributed by atoms with Crippen LogP contribution in [0.5, 0.6) is 0 Å². The maximum Gasteiger partial charge on any atom is 0.137 e. The average molecular weight is 274 g/mol. The molecule has 1 atom stereocenters. The van der Waals surface area contributed by atoms with Gasteiger partial charge in [-0.3, -0.25) is 5.10 Å². The van der Waals surface area contributed by atoms with Crippen LogP contribution in [-0.4, -0.2) is 21.7 Å². The highest BCUT2D eigenvalue weighted by molar-refractivity contribution is 5.22. The smallest absolute Gasteiger partial charge is 0.137 e. The number of halogens is 1. The summed E-state index contributed by atoms with van der Waals surface area (Å²) in [5.41, 5.74) is 1.19. The highest BCUT2D eigenvalue weighted by atomic mass is 19.1. The van der Waals surface area contributed by atoms with Crippen molar-refractivity contribution in [1.29, 1.82) is 0 Å². The van der Waals surface area contributed by atoms with Crippen molar-refractivity contribution in [1.82, 2.24) is 20.5 Å². The van der Waals surface area contributed by atoms with Crippen LogP contribution < -0.4 is 5.32 Å². The fourth-order valence-electron chi connectivity index (χ4n) is 2.52. The minimum absolute atomic E-state index is 0.173. The van der Waals surface area contributed by atoms with Crippen molar-refractivity contribution < 1.29 is 4.39 Å². The van der Waals surface area contributed by atoms with Crippen molar-refractivity contribution in [2.75, 3.05) is 6.54 Å². The van der Waals surface area contributed by atoms with E-state index in [1.807, 2.05) is 12.1 Å². The van der Waals surface area contributed by atoms with Crippen LogP contribution in [0.4, 0.5) is 4.39 Å². The Morgan fingerprint density at radius 3 is 2.75 bits per heavy atom. The number of H-pyrrole nitrogens is 1. The van der Waals surface area contributed by atoms with Gasteiger partial charge in [0.25, 0.3) is 0 Å². The summed E-state index contributed by atoms with van der Waals surface area (Å²) in [6.07, 6.45) is 5.97. The normalized spacial score (nSPS) is 16.2. The molecular formula is C15H19FN4. The van der Waals surface area contributed by atoms with Gasteiger partial charge in [-0.05, 0) is 49.4 Å². The third-order valence-electron chi connectivity index (χ3n) is 3.74. The topological polar surface area (TPSA) is 53.6 Å². The van der Waals surface area contributed by atoms with Crippen LogP contribution in [0.1, 0.15) is 36.7 Å². The van der Waals surface area contributed by atoms with Crippen LogP contribution in [0, 0.1) is 11.7 Å². The zero-order chi connectivity index (χ0) is 13.8. The Labute approximate surface area is 117 Å². The maximum atomic E-state index is 13.0. The van der Waals surface area contributed by atoms with Crippen molar-refractivity contribution >= 4 is 0 Å². The minimum atomic E-state index is -0.173. The van der Waals surface area contributed by atoms with Crippen LogP contribution in [0.15, 0.2) is 30.6 Å². The first-order valence-corrected chi connectivity index (χ1v) is 7.16. The molecule has 0 radical (unpaired) electrons. The number of aryl methyl sites for hydroxylation is 1. The molecule has 5 heteroatoms. The van der Waals surface area contributed by atoms with Crippen molar-refractivity contribution in [2.24, 2.45) is 5.92 Å². The van der Waals surface area contributed by atoms with E-state index in [-0.39, 0.29) is 5.82 Å². The fraction of sp³-hybridized carbons (Fsp3) is 0.467. The van der Waals surface area contributed by atoms with Crippen LogP contribution in [0.3, 0.4) is 0 Å². The van der Waals surface area contributed by atoms with Crippen molar-refractivity contribution in [3.8, 4) is 0 Å². The molecule has 0 spiro atoms. The summed E-state index contributed by atoms with van der Waals surface area (Å²) in [7, 11) is 0. The summed E-state index contributed by atoms with van der Waals surface area (Å²) >= 11 is 0. The highest BCUT2D eigenvalue weighted by Gasteiger charge is 2.31. The molecule has 0 amide bonds. The molecule has 1 aromatic carbocycles. The summed E-state index contributed by atoms with van der Waals surface area (Å²) in [5.74, 6) is 1.45. The van der Waals surface area contributed by atoms with Gasteiger partial charge in [0.1, 0.15) is 18.0 Å². The van der Waals surface area contributed by atoms with Gasteiger partial charge >= 0.3 is 0 Å². The zero-order valence-electron chi connectivity index (χ0n) is 11.3. The Bertz CT molecular complexity index is 519. The van der Waals surface area contributed by atoms with Gasteiger partial charge in [-0.25, -0.2) is 9.37 Å². The van der Waals surface area contributed by atoms with E-state index in [0.29, 0.717) is 12.0 Å². The molecule has 106 valence electrons. The number of hydrogen-bond donors (Lipinski definition) is 2. The molecule has 2 aromatic rings. The van der Waals surface area contributed by atoms with Gasteiger partial charge in [0, 0.05) is 12.5 Å². The fourth-order valence-corrected chi connectivity index (χ4v) is 2.52. The van der Waals surface area contributed by atoms with E-state index in [1.54, 1.807) is 12.1 Å². The van der Waals surface area contributed by atoms with Crippen LogP contribution in [0.25, 0.3) is 0 Å². The number of aromatic amines is 1. The van der Waals surface area contributed by atoms with Gasteiger partial charge in [0.2, 0.25) is 0 Å². The quantitative estimate of drug-likeness (QED) is 0.763. The molecule has 1 aliphatic rings. The van der Waals surface area contributed by atoms with Gasteiger partial charge in [-0.2, -0.15) is 5.10 Å². The van der Waals surface area contributed by atoms with E-state index < -0.39 is 0 Å². The Balaban J connectivity index is 1.51. The van der Waals surface area contributed by atoms with Crippen LogP contribution in [0.2, 0.25) is 0 Å². The molecule has 1 aromatic heterocycles. The van der Waals surface area contributed by atoms with Gasteiger partial charge in [0.15, 0.2) is 0 Å². The molecule has 4 nitrogen and oxygen atoms in total. The van der Waals surface area contributed by atoms with E-state index in [0.717, 1.165) is 25.2 Å². The predicted octanol–water partition coefficient (Wildman–Crippen LogP) is 2.62. The SMILES string of the molecule is Fc1ccc(C(NCCCc2ncn[nH]2)C2CC2)cc1. The van der Waals surface area contributed by atoms with Crippen molar-refractivity contribution in [3.05, 3.63) is 47.8 Å². The number of benzene rings is 1. The Morgan fingerprint density at radius 2 is 2.10 bits per heavy atom. The molecule has 1 aliphatic carbocycles. The lowest BCUT2D eigenvalue weighted by Crippen LogP contribution is -2.24. The Morgan fingerprint density at radius 1 is 1.30 bits per heavy atom. The number of nitrogens with zero attached hydrogens (tertiary/aromatic N) is 2. The second-order valence-corrected chi connectivity index (χ2v) is 5.36. The first-order valence-electron chi connectivity index (χ1n) is 7.16. The van der Waals surface area contributed by atoms with Crippen LogP contribution >= 0.6 is 0 Å². The van der Waals surface area contributed by atoms with Crippen molar-refractivity contribution in [3.63, 3.8) is 0 Å². The summed E-state index contributed by atoms with van der Waals surface area (Å²) in [6.45, 7) is 0.930. The first-order chi connectivity index (χ1) is 9.83. The maximum absolute atomic E-state index is 13.0. The van der Waals surface area contributed by atoms with Crippen molar-refractivity contribution in [2.45, 2.75) is 31.7 Å². The van der Waals surface area contributed by atoms with Gasteiger partial charge < -0.3 is 5.32 Å². The number of rotatable bonds is 7. The lowest BCUT2D eigenvalue weighted by molar-refractivity contribution is 0.473. The summed E-state index contributed by atoms with van der Waals surface area (Å²) in [4.78, 5) is 4.11. The lowest BCUT2D eigenvalue weighted by Gasteiger charge is -2.18. The highest BCUT2D eigenvalue weighted by Crippen LogP contribution is 2.40. The second-order valence-electron chi connectivity index (χ2n) is 5.36. The largest absolute Gasteiger partial charge is 0.310 e. The Kier molecular flexibility index (Phi) is 4.06. The predicted molar refractivity (Wildman–Crippen MR) is 74.6 cm³/mol. The third-order valence-corrected chi connectivity index (χ3v) is 3.74. The van der Waals surface area contributed by atoms with E-state index in [9.17, 15) is 4.39 Å². The monoisotopic (exact) mass is 274 g/mol. The van der Waals surface area contributed by atoms with E-state index >= 15 is 0 Å². The molecule has 1 saturated carbocycles. The molecular weight excluding hydrogens is 255 g/mol. The summed E-state index contributed by atoms with van der Waals surface area (Å²) in [6, 6.07) is 7.22. The number of aromatic nitrogens is 3. The lowest BCUT2D eigenvalue weighted by atomic mass is 10.0.